The molecule has 22 heavy (non-hydrogen) atoms. The van der Waals surface area contributed by atoms with Crippen LogP contribution in [0, 0.1) is 0 Å². The number of halogens is 1. The SMILES string of the molecule is Cn1cnc(S(=O)(=O)NC(=O)c2ccc3nncn3c2)c1Cl. The number of aryl methyl sites for hydroxylation is 1. The molecular weight excluding hydrogens is 332 g/mol. The third kappa shape index (κ3) is 2.42. The standard InChI is InChI=1S/C11H9ClN6O3S/c1-17-5-13-11(9(17)12)22(20,21)16-10(19)7-2-3-8-15-14-6-18(8)4-7/h2-6H,1H3,(H,16,19). The van der Waals surface area contributed by atoms with Crippen molar-refractivity contribution in [3.05, 3.63) is 41.7 Å². The summed E-state index contributed by atoms with van der Waals surface area (Å²) in [5, 5.41) is 6.96. The van der Waals surface area contributed by atoms with Crippen LogP contribution < -0.4 is 4.72 Å². The van der Waals surface area contributed by atoms with Gasteiger partial charge in [0.2, 0.25) is 5.03 Å². The fraction of sp³-hybridized carbons (Fsp3) is 0.0909. The van der Waals surface area contributed by atoms with Crippen molar-refractivity contribution in [3.63, 3.8) is 0 Å². The summed E-state index contributed by atoms with van der Waals surface area (Å²) in [6.07, 6.45) is 4.06. The van der Waals surface area contributed by atoms with E-state index in [9.17, 15) is 13.2 Å². The van der Waals surface area contributed by atoms with Gasteiger partial charge in [-0.1, -0.05) is 11.6 Å². The van der Waals surface area contributed by atoms with Crippen LogP contribution in [0.25, 0.3) is 5.65 Å². The summed E-state index contributed by atoms with van der Waals surface area (Å²) in [5.74, 6) is -0.808. The molecule has 0 aliphatic heterocycles. The maximum absolute atomic E-state index is 12.1. The molecule has 0 saturated heterocycles. The summed E-state index contributed by atoms with van der Waals surface area (Å²) in [7, 11) is -2.62. The Kier molecular flexibility index (Phi) is 3.34. The third-order valence-corrected chi connectivity index (χ3v) is 4.69. The second kappa shape index (κ2) is 5.07. The lowest BCUT2D eigenvalue weighted by molar-refractivity contribution is 0.0981. The Labute approximate surface area is 129 Å². The zero-order valence-electron chi connectivity index (χ0n) is 11.1. The minimum absolute atomic E-state index is 0.0884. The van der Waals surface area contributed by atoms with Crippen molar-refractivity contribution in [1.82, 2.24) is 28.9 Å². The lowest BCUT2D eigenvalue weighted by Crippen LogP contribution is -2.31. The summed E-state index contributed by atoms with van der Waals surface area (Å²) in [6.45, 7) is 0. The number of nitrogens with zero attached hydrogens (tertiary/aromatic N) is 5. The number of hydrogen-bond donors (Lipinski definition) is 1. The second-order valence-corrected chi connectivity index (χ2v) is 6.36. The first-order chi connectivity index (χ1) is 10.4. The van der Waals surface area contributed by atoms with Crippen LogP contribution in [0.5, 0.6) is 0 Å². The molecule has 0 fully saturated rings. The second-order valence-electron chi connectivity index (χ2n) is 4.40. The maximum Gasteiger partial charge on any atom is 0.284 e. The van der Waals surface area contributed by atoms with Gasteiger partial charge < -0.3 is 4.57 Å². The van der Waals surface area contributed by atoms with E-state index in [1.807, 2.05) is 4.72 Å². The Morgan fingerprint density at radius 2 is 2.09 bits per heavy atom. The number of rotatable bonds is 3. The smallest absolute Gasteiger partial charge is 0.284 e. The molecule has 0 atom stereocenters. The summed E-state index contributed by atoms with van der Waals surface area (Å²) >= 11 is 5.84. The van der Waals surface area contributed by atoms with Gasteiger partial charge in [0.1, 0.15) is 11.5 Å². The van der Waals surface area contributed by atoms with Gasteiger partial charge in [-0.05, 0) is 12.1 Å². The molecule has 3 aromatic rings. The minimum atomic E-state index is -4.16. The van der Waals surface area contributed by atoms with Crippen molar-refractivity contribution in [2.75, 3.05) is 0 Å². The van der Waals surface area contributed by atoms with Crippen LogP contribution in [-0.4, -0.2) is 38.5 Å². The highest BCUT2D eigenvalue weighted by molar-refractivity contribution is 7.90. The molecule has 11 heteroatoms. The third-order valence-electron chi connectivity index (χ3n) is 2.87. The molecular formula is C11H9ClN6O3S. The molecule has 9 nitrogen and oxygen atoms in total. The number of fused-ring (bicyclic) bond motifs is 1. The summed E-state index contributed by atoms with van der Waals surface area (Å²) in [4.78, 5) is 15.8. The monoisotopic (exact) mass is 340 g/mol. The Balaban J connectivity index is 1.91. The number of carbonyl (C=O) groups excluding carboxylic acids is 1. The zero-order chi connectivity index (χ0) is 15.9. The summed E-state index contributed by atoms with van der Waals surface area (Å²) in [6, 6.07) is 2.98. The van der Waals surface area contributed by atoms with Gasteiger partial charge in [-0.15, -0.1) is 10.2 Å². The van der Waals surface area contributed by atoms with Crippen LogP contribution in [0.4, 0.5) is 0 Å². The molecule has 0 saturated carbocycles. The molecule has 0 aromatic carbocycles. The summed E-state index contributed by atoms with van der Waals surface area (Å²) in [5.41, 5.74) is 0.662. The molecule has 0 bridgehead atoms. The average Bonchev–Trinajstić information content (AvgIpc) is 3.05. The fourth-order valence-corrected chi connectivity index (χ4v) is 3.17. The van der Waals surface area contributed by atoms with Crippen molar-refractivity contribution < 1.29 is 13.2 Å². The fourth-order valence-electron chi connectivity index (χ4n) is 1.77. The van der Waals surface area contributed by atoms with Crippen LogP contribution in [-0.2, 0) is 17.1 Å². The van der Waals surface area contributed by atoms with Gasteiger partial charge in [-0.2, -0.15) is 8.42 Å². The lowest BCUT2D eigenvalue weighted by atomic mass is 10.3. The highest BCUT2D eigenvalue weighted by Crippen LogP contribution is 2.18. The first-order valence-electron chi connectivity index (χ1n) is 5.92. The maximum atomic E-state index is 12.1. The topological polar surface area (TPSA) is 111 Å². The highest BCUT2D eigenvalue weighted by Gasteiger charge is 2.25. The van der Waals surface area contributed by atoms with E-state index in [1.54, 1.807) is 6.07 Å². The van der Waals surface area contributed by atoms with E-state index in [-0.39, 0.29) is 10.7 Å². The average molecular weight is 341 g/mol. The van der Waals surface area contributed by atoms with E-state index < -0.39 is 21.0 Å². The van der Waals surface area contributed by atoms with Crippen LogP contribution in [0.15, 0.2) is 36.0 Å². The van der Waals surface area contributed by atoms with Crippen molar-refractivity contribution >= 4 is 33.2 Å². The number of carbonyl (C=O) groups is 1. The van der Waals surface area contributed by atoms with Crippen molar-refractivity contribution in [2.24, 2.45) is 7.05 Å². The van der Waals surface area contributed by atoms with Crippen molar-refractivity contribution in [2.45, 2.75) is 5.03 Å². The molecule has 3 heterocycles. The molecule has 114 valence electrons. The number of amides is 1. The molecule has 0 spiro atoms. The van der Waals surface area contributed by atoms with Gasteiger partial charge in [0, 0.05) is 13.2 Å². The Morgan fingerprint density at radius 1 is 1.32 bits per heavy atom. The first-order valence-corrected chi connectivity index (χ1v) is 7.78. The number of aromatic nitrogens is 5. The van der Waals surface area contributed by atoms with E-state index in [2.05, 4.69) is 15.2 Å². The van der Waals surface area contributed by atoms with E-state index in [4.69, 9.17) is 11.6 Å². The van der Waals surface area contributed by atoms with Crippen LogP contribution in [0.1, 0.15) is 10.4 Å². The highest BCUT2D eigenvalue weighted by atomic mass is 35.5. The van der Waals surface area contributed by atoms with Gasteiger partial charge in [-0.3, -0.25) is 9.20 Å². The molecule has 1 N–H and O–H groups in total. The van der Waals surface area contributed by atoms with Gasteiger partial charge in [0.25, 0.3) is 15.9 Å². The van der Waals surface area contributed by atoms with Crippen molar-refractivity contribution in [1.29, 1.82) is 0 Å². The van der Waals surface area contributed by atoms with E-state index >= 15 is 0 Å². The minimum Gasteiger partial charge on any atom is -0.324 e. The van der Waals surface area contributed by atoms with E-state index in [0.29, 0.717) is 5.65 Å². The van der Waals surface area contributed by atoms with Crippen LogP contribution >= 0.6 is 11.6 Å². The van der Waals surface area contributed by atoms with Gasteiger partial charge >= 0.3 is 0 Å². The van der Waals surface area contributed by atoms with Crippen LogP contribution in [0.2, 0.25) is 5.15 Å². The predicted octanol–water partition coefficient (Wildman–Crippen LogP) is 0.235. The Morgan fingerprint density at radius 3 is 2.77 bits per heavy atom. The number of pyridine rings is 1. The summed E-state index contributed by atoms with van der Waals surface area (Å²) < 4.78 is 29.0. The van der Waals surface area contributed by atoms with Gasteiger partial charge in [0.15, 0.2) is 5.65 Å². The molecule has 1 amide bonds. The zero-order valence-corrected chi connectivity index (χ0v) is 12.7. The van der Waals surface area contributed by atoms with Gasteiger partial charge in [-0.25, -0.2) is 9.71 Å². The van der Waals surface area contributed by atoms with Crippen molar-refractivity contribution in [3.8, 4) is 0 Å². The molecule has 3 rings (SSSR count). The van der Waals surface area contributed by atoms with Crippen LogP contribution in [0.3, 0.4) is 0 Å². The Hall–Kier alpha value is -2.46. The van der Waals surface area contributed by atoms with E-state index in [1.165, 1.54) is 40.9 Å². The normalized spacial score (nSPS) is 11.7. The number of sulfonamides is 1. The molecule has 0 radical (unpaired) electrons. The number of imidazole rings is 1. The number of nitrogens with one attached hydrogen (secondary N) is 1. The van der Waals surface area contributed by atoms with E-state index in [0.717, 1.165) is 0 Å². The van der Waals surface area contributed by atoms with Gasteiger partial charge in [0.05, 0.1) is 11.9 Å². The largest absolute Gasteiger partial charge is 0.324 e. The quantitative estimate of drug-likeness (QED) is 0.730. The molecule has 0 aliphatic rings. The first kappa shape index (κ1) is 14.5. The number of hydrogen-bond acceptors (Lipinski definition) is 6. The molecule has 0 aliphatic carbocycles. The predicted molar refractivity (Wildman–Crippen MR) is 75.9 cm³/mol. The molecule has 0 unspecified atom stereocenters. The Bertz CT molecular complexity index is 977. The molecule has 3 aromatic heterocycles. The lowest BCUT2D eigenvalue weighted by Gasteiger charge is -2.05.